The highest BCUT2D eigenvalue weighted by Gasteiger charge is 2.17. The van der Waals surface area contributed by atoms with Gasteiger partial charge in [0.25, 0.3) is 5.69 Å². The molecule has 0 aliphatic heterocycles. The van der Waals surface area contributed by atoms with Crippen molar-refractivity contribution < 1.29 is 14.5 Å². The zero-order valence-electron chi connectivity index (χ0n) is 16.0. The second kappa shape index (κ2) is 8.04. The quantitative estimate of drug-likeness (QED) is 0.492. The molecule has 0 radical (unpaired) electrons. The number of nitrogens with zero attached hydrogens (tertiary/aromatic N) is 2. The molecule has 1 heterocycles. The molecular formula is C21H21N3O4. The van der Waals surface area contributed by atoms with Crippen molar-refractivity contribution in [1.29, 1.82) is 0 Å². The molecule has 0 bridgehead atoms. The number of ketones is 1. The molecule has 3 aromatic rings. The Hall–Kier alpha value is -3.48. The van der Waals surface area contributed by atoms with Crippen molar-refractivity contribution in [3.05, 3.63) is 75.2 Å². The van der Waals surface area contributed by atoms with Crippen LogP contribution >= 0.6 is 0 Å². The Kier molecular flexibility index (Phi) is 5.54. The summed E-state index contributed by atoms with van der Waals surface area (Å²) in [6.07, 6.45) is 1.56. The van der Waals surface area contributed by atoms with Crippen LogP contribution in [0, 0.1) is 30.9 Å². The Labute approximate surface area is 162 Å². The lowest BCUT2D eigenvalue weighted by atomic mass is 10.1. The van der Waals surface area contributed by atoms with Gasteiger partial charge in [0.15, 0.2) is 5.78 Å². The molecule has 0 unspecified atom stereocenters. The van der Waals surface area contributed by atoms with Gasteiger partial charge in [-0.1, -0.05) is 29.8 Å². The number of H-pyrrole nitrogens is 1. The highest BCUT2D eigenvalue weighted by molar-refractivity contribution is 5.82. The minimum atomic E-state index is -0.443. The van der Waals surface area contributed by atoms with E-state index in [2.05, 4.69) is 9.97 Å². The number of carbonyl (C=O) groups excluding carboxylic acids is 1. The number of hydrogen-bond donors (Lipinski definition) is 1. The van der Waals surface area contributed by atoms with Crippen LogP contribution in [-0.2, 0) is 11.2 Å². The third kappa shape index (κ3) is 4.25. The van der Waals surface area contributed by atoms with Crippen molar-refractivity contribution in [2.24, 2.45) is 0 Å². The third-order valence-electron chi connectivity index (χ3n) is 4.37. The van der Waals surface area contributed by atoms with Crippen LogP contribution < -0.4 is 4.74 Å². The number of benzene rings is 2. The summed E-state index contributed by atoms with van der Waals surface area (Å²) in [6, 6.07) is 10.4. The zero-order valence-corrected chi connectivity index (χ0v) is 16.0. The van der Waals surface area contributed by atoms with Gasteiger partial charge in [0.05, 0.1) is 28.8 Å². The SMILES string of the molecule is Cc1cc(C)c(OCC(=O)Cc2ncc(-c3ccccc3[N+](=O)[O-])[nH]2)c(C)c1. The second-order valence-electron chi connectivity index (χ2n) is 6.75. The van der Waals surface area contributed by atoms with Crippen LogP contribution in [0.3, 0.4) is 0 Å². The Morgan fingerprint density at radius 2 is 1.86 bits per heavy atom. The summed E-state index contributed by atoms with van der Waals surface area (Å²) >= 11 is 0. The molecule has 0 atom stereocenters. The number of aromatic amines is 1. The fraction of sp³-hybridized carbons (Fsp3) is 0.238. The minimum Gasteiger partial charge on any atom is -0.485 e. The van der Waals surface area contributed by atoms with Crippen molar-refractivity contribution >= 4 is 11.5 Å². The first-order valence-electron chi connectivity index (χ1n) is 8.85. The summed E-state index contributed by atoms with van der Waals surface area (Å²) in [5.41, 5.74) is 4.04. The molecule has 1 N–H and O–H groups in total. The maximum atomic E-state index is 12.3. The molecule has 0 spiro atoms. The molecule has 0 aliphatic carbocycles. The van der Waals surface area contributed by atoms with Gasteiger partial charge in [0, 0.05) is 6.07 Å². The van der Waals surface area contributed by atoms with E-state index in [1.54, 1.807) is 18.2 Å². The molecule has 0 saturated carbocycles. The predicted molar refractivity (Wildman–Crippen MR) is 106 cm³/mol. The lowest BCUT2D eigenvalue weighted by Crippen LogP contribution is -2.15. The lowest BCUT2D eigenvalue weighted by molar-refractivity contribution is -0.384. The Bertz CT molecular complexity index is 1020. The molecule has 0 aliphatic rings. The molecule has 28 heavy (non-hydrogen) atoms. The number of Topliss-reactive ketones (excluding diaryl/α,β-unsaturated/α-hetero) is 1. The van der Waals surface area contributed by atoms with Crippen molar-refractivity contribution in [2.75, 3.05) is 6.61 Å². The number of hydrogen-bond acceptors (Lipinski definition) is 5. The second-order valence-corrected chi connectivity index (χ2v) is 6.75. The fourth-order valence-electron chi connectivity index (χ4n) is 3.23. The van der Waals surface area contributed by atoms with Crippen molar-refractivity contribution in [3.8, 4) is 17.0 Å². The van der Waals surface area contributed by atoms with E-state index in [4.69, 9.17) is 4.74 Å². The average Bonchev–Trinajstić information content (AvgIpc) is 3.09. The van der Waals surface area contributed by atoms with Gasteiger partial charge >= 0.3 is 0 Å². The Morgan fingerprint density at radius 1 is 1.18 bits per heavy atom. The molecule has 2 aromatic carbocycles. The van der Waals surface area contributed by atoms with E-state index in [-0.39, 0.29) is 24.5 Å². The molecule has 1 aromatic heterocycles. The molecule has 144 valence electrons. The largest absolute Gasteiger partial charge is 0.485 e. The third-order valence-corrected chi connectivity index (χ3v) is 4.37. The molecule has 3 rings (SSSR count). The molecule has 0 fully saturated rings. The summed E-state index contributed by atoms with van der Waals surface area (Å²) < 4.78 is 5.72. The van der Waals surface area contributed by atoms with Crippen molar-refractivity contribution in [3.63, 3.8) is 0 Å². The number of nitrogens with one attached hydrogen (secondary N) is 1. The van der Waals surface area contributed by atoms with Gasteiger partial charge in [-0.2, -0.15) is 0 Å². The van der Waals surface area contributed by atoms with E-state index >= 15 is 0 Å². The summed E-state index contributed by atoms with van der Waals surface area (Å²) in [5.74, 6) is 1.03. The summed E-state index contributed by atoms with van der Waals surface area (Å²) in [7, 11) is 0. The Balaban J connectivity index is 1.68. The first-order valence-corrected chi connectivity index (χ1v) is 8.85. The van der Waals surface area contributed by atoms with Gasteiger partial charge < -0.3 is 9.72 Å². The van der Waals surface area contributed by atoms with Gasteiger partial charge in [-0.05, 0) is 38.0 Å². The first kappa shape index (κ1) is 19.3. The topological polar surface area (TPSA) is 98.1 Å². The van der Waals surface area contributed by atoms with Gasteiger partial charge in [0.1, 0.15) is 18.2 Å². The molecular weight excluding hydrogens is 358 g/mol. The molecule has 0 amide bonds. The number of rotatable bonds is 7. The normalized spacial score (nSPS) is 10.7. The van der Waals surface area contributed by atoms with E-state index in [9.17, 15) is 14.9 Å². The zero-order chi connectivity index (χ0) is 20.3. The van der Waals surface area contributed by atoms with E-state index in [0.717, 1.165) is 22.4 Å². The number of nitro groups is 1. The number of para-hydroxylation sites is 1. The molecule has 0 saturated heterocycles. The number of nitro benzene ring substituents is 1. The van der Waals surface area contributed by atoms with Crippen LogP contribution in [-0.4, -0.2) is 27.3 Å². The number of imidazole rings is 1. The highest BCUT2D eigenvalue weighted by Crippen LogP contribution is 2.28. The van der Waals surface area contributed by atoms with Crippen LogP contribution in [0.2, 0.25) is 0 Å². The van der Waals surface area contributed by atoms with E-state index in [1.165, 1.54) is 12.3 Å². The number of carbonyl (C=O) groups is 1. The van der Waals surface area contributed by atoms with Crippen LogP contribution in [0.25, 0.3) is 11.3 Å². The monoisotopic (exact) mass is 379 g/mol. The van der Waals surface area contributed by atoms with Crippen LogP contribution in [0.5, 0.6) is 5.75 Å². The maximum absolute atomic E-state index is 12.3. The fourth-order valence-corrected chi connectivity index (χ4v) is 3.23. The molecule has 7 heteroatoms. The number of aryl methyl sites for hydroxylation is 3. The highest BCUT2D eigenvalue weighted by atomic mass is 16.6. The van der Waals surface area contributed by atoms with Crippen LogP contribution in [0.15, 0.2) is 42.6 Å². The van der Waals surface area contributed by atoms with Gasteiger partial charge in [-0.25, -0.2) is 4.98 Å². The van der Waals surface area contributed by atoms with E-state index in [1.807, 2.05) is 32.9 Å². The van der Waals surface area contributed by atoms with Crippen LogP contribution in [0.1, 0.15) is 22.5 Å². The van der Waals surface area contributed by atoms with E-state index < -0.39 is 4.92 Å². The summed E-state index contributed by atoms with van der Waals surface area (Å²) in [6.45, 7) is 5.85. The average molecular weight is 379 g/mol. The summed E-state index contributed by atoms with van der Waals surface area (Å²) in [5, 5.41) is 11.2. The lowest BCUT2D eigenvalue weighted by Gasteiger charge is -2.12. The number of aromatic nitrogens is 2. The standard InChI is InChI=1S/C21H21N3O4/c1-13-8-14(2)21(15(3)9-13)28-12-16(25)10-20-22-11-18(23-20)17-6-4-5-7-19(17)24(26)27/h4-9,11H,10,12H2,1-3H3,(H,22,23). The van der Waals surface area contributed by atoms with Gasteiger partial charge in [-0.3, -0.25) is 14.9 Å². The van der Waals surface area contributed by atoms with Gasteiger partial charge in [-0.15, -0.1) is 0 Å². The smallest absolute Gasteiger partial charge is 0.278 e. The van der Waals surface area contributed by atoms with Crippen molar-refractivity contribution in [1.82, 2.24) is 9.97 Å². The first-order chi connectivity index (χ1) is 13.3. The molecule has 7 nitrogen and oxygen atoms in total. The van der Waals surface area contributed by atoms with Crippen molar-refractivity contribution in [2.45, 2.75) is 27.2 Å². The maximum Gasteiger partial charge on any atom is 0.278 e. The summed E-state index contributed by atoms with van der Waals surface area (Å²) in [4.78, 5) is 30.2. The number of ether oxygens (including phenoxy) is 1. The van der Waals surface area contributed by atoms with E-state index in [0.29, 0.717) is 17.1 Å². The van der Waals surface area contributed by atoms with Crippen LogP contribution in [0.4, 0.5) is 5.69 Å². The predicted octanol–water partition coefficient (Wildman–Crippen LogP) is 4.10. The van der Waals surface area contributed by atoms with Gasteiger partial charge in [0.2, 0.25) is 0 Å². The Morgan fingerprint density at radius 3 is 2.54 bits per heavy atom. The minimum absolute atomic E-state index is 0.0160.